The Hall–Kier alpha value is -2.23. The Bertz CT molecular complexity index is 521. The van der Waals surface area contributed by atoms with Crippen LogP contribution in [0.25, 0.3) is 4.85 Å². The number of hydrogen-bond acceptors (Lipinski definition) is 2. The lowest BCUT2D eigenvalue weighted by atomic mass is 10.1. The third kappa shape index (κ3) is 3.61. The molecule has 0 aromatic heterocycles. The molecule has 0 amide bonds. The molecule has 1 aromatic rings. The molecule has 1 N–H and O–H groups in total. The van der Waals surface area contributed by atoms with Gasteiger partial charge in [0.25, 0.3) is 0 Å². The molecule has 102 valence electrons. The van der Waals surface area contributed by atoms with E-state index in [2.05, 4.69) is 4.85 Å². The van der Waals surface area contributed by atoms with Gasteiger partial charge in [-0.05, 0) is 19.1 Å². The van der Waals surface area contributed by atoms with Crippen LogP contribution in [0.1, 0.15) is 12.5 Å². The summed E-state index contributed by atoms with van der Waals surface area (Å²) in [4.78, 5) is 14.7. The van der Waals surface area contributed by atoms with Crippen LogP contribution in [0, 0.1) is 6.57 Å². The van der Waals surface area contributed by atoms with Crippen molar-refractivity contribution >= 4 is 17.3 Å². The largest absolute Gasteiger partial charge is 0.480 e. The lowest BCUT2D eigenvalue weighted by Gasteiger charge is -2.22. The minimum absolute atomic E-state index is 0.129. The average Bonchev–Trinajstić information content (AvgIpc) is 2.34. The van der Waals surface area contributed by atoms with Crippen LogP contribution >= 0.6 is 0 Å². The minimum atomic E-state index is -4.64. The van der Waals surface area contributed by atoms with E-state index in [0.29, 0.717) is 0 Å². The molecule has 4 nitrogen and oxygen atoms in total. The van der Waals surface area contributed by atoms with Gasteiger partial charge in [-0.25, -0.2) is 4.85 Å². The van der Waals surface area contributed by atoms with Crippen LogP contribution in [0.5, 0.6) is 0 Å². The van der Waals surface area contributed by atoms with Crippen molar-refractivity contribution in [2.45, 2.75) is 13.1 Å². The molecule has 0 heterocycles. The van der Waals surface area contributed by atoms with E-state index >= 15 is 0 Å². The Kier molecular flexibility index (Phi) is 4.38. The van der Waals surface area contributed by atoms with Crippen molar-refractivity contribution in [1.29, 1.82) is 0 Å². The SMILES string of the molecule is [C-]#[N+]c1ccc(N(CC)CC(=O)O)cc1C(F)(F)F. The number of benzene rings is 1. The number of alkyl halides is 3. The van der Waals surface area contributed by atoms with Gasteiger partial charge in [0.1, 0.15) is 6.54 Å². The average molecular weight is 272 g/mol. The predicted octanol–water partition coefficient (Wildman–Crippen LogP) is 3.17. The number of likely N-dealkylation sites (N-methyl/N-ethyl adjacent to an activating group) is 1. The number of hydrogen-bond donors (Lipinski definition) is 1. The summed E-state index contributed by atoms with van der Waals surface area (Å²) < 4.78 is 38.3. The Balaban J connectivity index is 3.25. The maximum Gasteiger partial charge on any atom is 0.407 e. The summed E-state index contributed by atoms with van der Waals surface area (Å²) in [5.74, 6) is -1.13. The zero-order valence-electron chi connectivity index (χ0n) is 10.0. The second kappa shape index (κ2) is 5.61. The molecule has 0 aliphatic heterocycles. The summed E-state index contributed by atoms with van der Waals surface area (Å²) in [6.07, 6.45) is -4.64. The number of rotatable bonds is 4. The second-order valence-electron chi connectivity index (χ2n) is 3.72. The topological polar surface area (TPSA) is 44.9 Å². The van der Waals surface area contributed by atoms with Gasteiger partial charge >= 0.3 is 12.1 Å². The number of aliphatic carboxylic acids is 1. The monoisotopic (exact) mass is 272 g/mol. The van der Waals surface area contributed by atoms with Crippen LogP contribution in [0.4, 0.5) is 24.5 Å². The van der Waals surface area contributed by atoms with Gasteiger partial charge in [0, 0.05) is 12.2 Å². The molecule has 0 saturated carbocycles. The Morgan fingerprint density at radius 3 is 2.53 bits per heavy atom. The van der Waals surface area contributed by atoms with Gasteiger partial charge in [-0.2, -0.15) is 13.2 Å². The van der Waals surface area contributed by atoms with E-state index in [4.69, 9.17) is 11.7 Å². The van der Waals surface area contributed by atoms with E-state index in [9.17, 15) is 18.0 Å². The van der Waals surface area contributed by atoms with Crippen molar-refractivity contribution in [2.75, 3.05) is 18.0 Å². The fraction of sp³-hybridized carbons (Fsp3) is 0.333. The fourth-order valence-electron chi connectivity index (χ4n) is 1.59. The van der Waals surface area contributed by atoms with Gasteiger partial charge in [-0.3, -0.25) is 4.79 Å². The van der Waals surface area contributed by atoms with Gasteiger partial charge in [0.2, 0.25) is 0 Å². The molecule has 7 heteroatoms. The summed E-state index contributed by atoms with van der Waals surface area (Å²) >= 11 is 0. The molecule has 0 aliphatic rings. The van der Waals surface area contributed by atoms with Crippen molar-refractivity contribution < 1.29 is 23.1 Å². The lowest BCUT2D eigenvalue weighted by Crippen LogP contribution is -2.29. The molecule has 0 fully saturated rings. The first-order valence-electron chi connectivity index (χ1n) is 5.35. The molecule has 0 aliphatic carbocycles. The first-order valence-corrected chi connectivity index (χ1v) is 5.35. The third-order valence-electron chi connectivity index (χ3n) is 2.48. The maximum atomic E-state index is 12.8. The van der Waals surface area contributed by atoms with Gasteiger partial charge < -0.3 is 10.0 Å². The Morgan fingerprint density at radius 2 is 2.11 bits per heavy atom. The maximum absolute atomic E-state index is 12.8. The quantitative estimate of drug-likeness (QED) is 0.856. The highest BCUT2D eigenvalue weighted by Crippen LogP contribution is 2.38. The Labute approximate surface area is 107 Å². The standard InChI is InChI=1S/C12H11F3N2O2/c1-3-17(7-11(18)19)8-4-5-10(16-2)9(6-8)12(13,14)15/h4-6H,3,7H2,1H3,(H,18,19). The number of halogens is 3. The van der Waals surface area contributed by atoms with Gasteiger partial charge in [-0.1, -0.05) is 6.07 Å². The molecule has 0 atom stereocenters. The number of anilines is 1. The molecular weight excluding hydrogens is 261 g/mol. The van der Waals surface area contributed by atoms with E-state index in [0.717, 1.165) is 12.1 Å². The number of carboxylic acid groups (broad SMARTS) is 1. The van der Waals surface area contributed by atoms with Crippen LogP contribution in [0.3, 0.4) is 0 Å². The molecule has 19 heavy (non-hydrogen) atoms. The summed E-state index contributed by atoms with van der Waals surface area (Å²) in [6, 6.07) is 3.17. The summed E-state index contributed by atoms with van der Waals surface area (Å²) in [5, 5.41) is 8.69. The van der Waals surface area contributed by atoms with Crippen LogP contribution in [-0.2, 0) is 11.0 Å². The lowest BCUT2D eigenvalue weighted by molar-refractivity contribution is -0.137. The third-order valence-corrected chi connectivity index (χ3v) is 2.48. The zero-order chi connectivity index (χ0) is 14.6. The smallest absolute Gasteiger partial charge is 0.407 e. The van der Waals surface area contributed by atoms with E-state index in [1.54, 1.807) is 6.92 Å². The predicted molar refractivity (Wildman–Crippen MR) is 63.2 cm³/mol. The fourth-order valence-corrected chi connectivity index (χ4v) is 1.59. The van der Waals surface area contributed by atoms with Crippen LogP contribution in [0.15, 0.2) is 18.2 Å². The number of carbonyl (C=O) groups is 1. The molecular formula is C12H11F3N2O2. The zero-order valence-corrected chi connectivity index (χ0v) is 10.0. The highest BCUT2D eigenvalue weighted by atomic mass is 19.4. The normalized spacial score (nSPS) is 10.9. The summed E-state index contributed by atoms with van der Waals surface area (Å²) in [6.45, 7) is 8.21. The van der Waals surface area contributed by atoms with Crippen molar-refractivity contribution in [3.8, 4) is 0 Å². The van der Waals surface area contributed by atoms with Crippen molar-refractivity contribution in [3.63, 3.8) is 0 Å². The van der Waals surface area contributed by atoms with E-state index in [1.807, 2.05) is 0 Å². The van der Waals surface area contributed by atoms with Crippen LogP contribution in [-0.4, -0.2) is 24.2 Å². The van der Waals surface area contributed by atoms with Crippen molar-refractivity contribution in [3.05, 3.63) is 35.2 Å². The van der Waals surface area contributed by atoms with Crippen molar-refractivity contribution in [2.24, 2.45) is 0 Å². The first-order chi connectivity index (χ1) is 8.79. The van der Waals surface area contributed by atoms with E-state index in [1.165, 1.54) is 11.0 Å². The molecule has 0 bridgehead atoms. The van der Waals surface area contributed by atoms with E-state index in [-0.39, 0.29) is 12.2 Å². The van der Waals surface area contributed by atoms with Crippen LogP contribution < -0.4 is 4.90 Å². The highest BCUT2D eigenvalue weighted by Gasteiger charge is 2.34. The summed E-state index contributed by atoms with van der Waals surface area (Å²) in [7, 11) is 0. The molecule has 0 saturated heterocycles. The Morgan fingerprint density at radius 1 is 1.47 bits per heavy atom. The summed E-state index contributed by atoms with van der Waals surface area (Å²) in [5.41, 5.74) is -1.42. The molecule has 0 spiro atoms. The van der Waals surface area contributed by atoms with Crippen molar-refractivity contribution in [1.82, 2.24) is 0 Å². The number of nitrogens with zero attached hydrogens (tertiary/aromatic N) is 2. The van der Waals surface area contributed by atoms with E-state index < -0.39 is 29.9 Å². The minimum Gasteiger partial charge on any atom is -0.480 e. The highest BCUT2D eigenvalue weighted by molar-refractivity contribution is 5.74. The molecule has 0 unspecified atom stereocenters. The second-order valence-corrected chi connectivity index (χ2v) is 3.72. The van der Waals surface area contributed by atoms with Gasteiger partial charge in [0.05, 0.1) is 12.1 Å². The first kappa shape index (κ1) is 14.8. The molecule has 1 rings (SSSR count). The molecule has 0 radical (unpaired) electrons. The number of carboxylic acids is 1. The van der Waals surface area contributed by atoms with Crippen LogP contribution in [0.2, 0.25) is 0 Å². The van der Waals surface area contributed by atoms with Gasteiger partial charge in [-0.15, -0.1) is 0 Å². The molecule has 1 aromatic carbocycles. The van der Waals surface area contributed by atoms with Gasteiger partial charge in [0.15, 0.2) is 5.69 Å².